The molecule has 1 fully saturated rings. The average Bonchev–Trinajstić information content (AvgIpc) is 3.02. The quantitative estimate of drug-likeness (QED) is 0.749. The number of hydrogen-bond acceptors (Lipinski definition) is 3. The topological polar surface area (TPSA) is 47.4 Å². The normalized spacial score (nSPS) is 17.1. The van der Waals surface area contributed by atoms with Crippen LogP contribution >= 0.6 is 0 Å². The van der Waals surface area contributed by atoms with Crippen LogP contribution in [0.25, 0.3) is 0 Å². The van der Waals surface area contributed by atoms with Crippen molar-refractivity contribution < 1.29 is 9.53 Å². The second kappa shape index (κ2) is 9.07. The number of rotatable bonds is 7. The Labute approximate surface area is 162 Å². The summed E-state index contributed by atoms with van der Waals surface area (Å²) < 4.78 is 7.59. The smallest absolute Gasteiger partial charge is 0.227 e. The third kappa shape index (κ3) is 4.90. The molecule has 1 aromatic heterocycles. The predicted octanol–water partition coefficient (Wildman–Crippen LogP) is 3.63. The minimum atomic E-state index is 0.209. The Balaban J connectivity index is 1.61. The molecular formula is C22H31N3O2. The van der Waals surface area contributed by atoms with Gasteiger partial charge in [-0.1, -0.05) is 19.1 Å². The van der Waals surface area contributed by atoms with Crippen molar-refractivity contribution in [3.8, 4) is 5.75 Å². The van der Waals surface area contributed by atoms with Crippen molar-refractivity contribution in [3.63, 3.8) is 0 Å². The fourth-order valence-corrected chi connectivity index (χ4v) is 3.99. The van der Waals surface area contributed by atoms with Crippen LogP contribution in [0.1, 0.15) is 43.3 Å². The highest BCUT2D eigenvalue weighted by atomic mass is 16.5. The van der Waals surface area contributed by atoms with Crippen LogP contribution in [0.2, 0.25) is 0 Å². The average molecular weight is 370 g/mol. The van der Waals surface area contributed by atoms with Crippen molar-refractivity contribution in [3.05, 3.63) is 47.5 Å². The number of carbonyl (C=O) groups is 1. The molecule has 27 heavy (non-hydrogen) atoms. The van der Waals surface area contributed by atoms with Gasteiger partial charge in [-0.3, -0.25) is 4.79 Å². The van der Waals surface area contributed by atoms with Crippen LogP contribution in [-0.4, -0.2) is 40.6 Å². The van der Waals surface area contributed by atoms with Gasteiger partial charge in [0.25, 0.3) is 0 Å². The SMILES string of the molecule is CCCn1c(C)cnc1CC1CCCN(C(=O)Cc2cccc(OC)c2)C1. The first-order chi connectivity index (χ1) is 13.1. The molecule has 1 atom stereocenters. The molecule has 0 aliphatic carbocycles. The van der Waals surface area contributed by atoms with Crippen LogP contribution in [0.4, 0.5) is 0 Å². The summed E-state index contributed by atoms with van der Waals surface area (Å²) in [5.74, 6) is 2.67. The monoisotopic (exact) mass is 369 g/mol. The summed E-state index contributed by atoms with van der Waals surface area (Å²) in [6, 6.07) is 7.79. The van der Waals surface area contributed by atoms with Crippen LogP contribution in [0.3, 0.4) is 0 Å². The van der Waals surface area contributed by atoms with Crippen molar-refractivity contribution in [1.29, 1.82) is 0 Å². The molecule has 0 saturated carbocycles. The molecule has 0 spiro atoms. The van der Waals surface area contributed by atoms with E-state index in [4.69, 9.17) is 4.74 Å². The van der Waals surface area contributed by atoms with Crippen LogP contribution in [0, 0.1) is 12.8 Å². The summed E-state index contributed by atoms with van der Waals surface area (Å²) in [4.78, 5) is 19.5. The van der Waals surface area contributed by atoms with Gasteiger partial charge in [0.05, 0.1) is 13.5 Å². The van der Waals surface area contributed by atoms with E-state index >= 15 is 0 Å². The lowest BCUT2D eigenvalue weighted by Gasteiger charge is -2.33. The third-order valence-corrected chi connectivity index (χ3v) is 5.42. The van der Waals surface area contributed by atoms with E-state index in [9.17, 15) is 4.79 Å². The lowest BCUT2D eigenvalue weighted by Crippen LogP contribution is -2.41. The van der Waals surface area contributed by atoms with E-state index in [1.807, 2.05) is 35.4 Å². The Kier molecular flexibility index (Phi) is 6.54. The van der Waals surface area contributed by atoms with E-state index in [-0.39, 0.29) is 5.91 Å². The lowest BCUT2D eigenvalue weighted by molar-refractivity contribution is -0.132. The third-order valence-electron chi connectivity index (χ3n) is 5.42. The van der Waals surface area contributed by atoms with Crippen LogP contribution < -0.4 is 4.74 Å². The number of amides is 1. The van der Waals surface area contributed by atoms with E-state index in [0.29, 0.717) is 12.3 Å². The van der Waals surface area contributed by atoms with E-state index < -0.39 is 0 Å². The highest BCUT2D eigenvalue weighted by Gasteiger charge is 2.25. The van der Waals surface area contributed by atoms with Crippen LogP contribution in [0.15, 0.2) is 30.5 Å². The molecule has 5 nitrogen and oxygen atoms in total. The van der Waals surface area contributed by atoms with E-state index in [2.05, 4.69) is 23.4 Å². The number of benzene rings is 1. The number of carbonyl (C=O) groups excluding carboxylic acids is 1. The first kappa shape index (κ1) is 19.5. The number of likely N-dealkylation sites (tertiary alicyclic amines) is 1. The molecular weight excluding hydrogens is 338 g/mol. The van der Waals surface area contributed by atoms with Gasteiger partial charge < -0.3 is 14.2 Å². The van der Waals surface area contributed by atoms with Gasteiger partial charge in [-0.05, 0) is 49.8 Å². The highest BCUT2D eigenvalue weighted by molar-refractivity contribution is 5.79. The summed E-state index contributed by atoms with van der Waals surface area (Å²) in [5.41, 5.74) is 2.24. The van der Waals surface area contributed by atoms with Gasteiger partial charge in [0.15, 0.2) is 0 Å². The molecule has 1 saturated heterocycles. The number of imidazole rings is 1. The largest absolute Gasteiger partial charge is 0.497 e. The maximum Gasteiger partial charge on any atom is 0.227 e. The number of piperidine rings is 1. The molecule has 1 unspecified atom stereocenters. The van der Waals surface area contributed by atoms with Gasteiger partial charge >= 0.3 is 0 Å². The molecule has 5 heteroatoms. The minimum Gasteiger partial charge on any atom is -0.497 e. The summed E-state index contributed by atoms with van der Waals surface area (Å²) in [7, 11) is 1.65. The van der Waals surface area contributed by atoms with Gasteiger partial charge in [0, 0.05) is 37.9 Å². The molecule has 146 valence electrons. The van der Waals surface area contributed by atoms with E-state index in [1.54, 1.807) is 7.11 Å². The zero-order valence-corrected chi connectivity index (χ0v) is 16.8. The van der Waals surface area contributed by atoms with Crippen LogP contribution in [0.5, 0.6) is 5.75 Å². The van der Waals surface area contributed by atoms with Gasteiger partial charge in [-0.2, -0.15) is 0 Å². The zero-order chi connectivity index (χ0) is 19.2. The number of nitrogens with zero attached hydrogens (tertiary/aromatic N) is 3. The van der Waals surface area contributed by atoms with Gasteiger partial charge in [-0.15, -0.1) is 0 Å². The molecule has 2 heterocycles. The number of ether oxygens (including phenoxy) is 1. The first-order valence-electron chi connectivity index (χ1n) is 10.0. The van der Waals surface area contributed by atoms with E-state index in [0.717, 1.165) is 50.2 Å². The predicted molar refractivity (Wildman–Crippen MR) is 107 cm³/mol. The van der Waals surface area contributed by atoms with Crippen molar-refractivity contribution >= 4 is 5.91 Å². The molecule has 1 aliphatic heterocycles. The summed E-state index contributed by atoms with van der Waals surface area (Å²) in [6.45, 7) is 7.04. The minimum absolute atomic E-state index is 0.209. The summed E-state index contributed by atoms with van der Waals surface area (Å²) in [5, 5.41) is 0. The van der Waals surface area contributed by atoms with Gasteiger partial charge in [0.1, 0.15) is 11.6 Å². The number of aromatic nitrogens is 2. The number of aryl methyl sites for hydroxylation is 1. The summed E-state index contributed by atoms with van der Waals surface area (Å²) in [6.07, 6.45) is 6.72. The van der Waals surface area contributed by atoms with Crippen molar-refractivity contribution in [2.75, 3.05) is 20.2 Å². The Hall–Kier alpha value is -2.30. The molecule has 0 bridgehead atoms. The van der Waals surface area contributed by atoms with Crippen LogP contribution in [-0.2, 0) is 24.2 Å². The van der Waals surface area contributed by atoms with Gasteiger partial charge in [-0.25, -0.2) is 4.98 Å². The van der Waals surface area contributed by atoms with Crippen molar-refractivity contribution in [1.82, 2.24) is 14.5 Å². The fraction of sp³-hybridized carbons (Fsp3) is 0.545. The molecule has 1 aromatic carbocycles. The maximum atomic E-state index is 12.8. The molecule has 1 aliphatic rings. The summed E-state index contributed by atoms with van der Waals surface area (Å²) >= 11 is 0. The van der Waals surface area contributed by atoms with Gasteiger partial charge in [0.2, 0.25) is 5.91 Å². The first-order valence-corrected chi connectivity index (χ1v) is 10.0. The molecule has 0 radical (unpaired) electrons. The number of methoxy groups -OCH3 is 1. The highest BCUT2D eigenvalue weighted by Crippen LogP contribution is 2.22. The second-order valence-electron chi connectivity index (χ2n) is 7.55. The number of hydrogen-bond donors (Lipinski definition) is 0. The molecule has 0 N–H and O–H groups in total. The van der Waals surface area contributed by atoms with Crippen molar-refractivity contribution in [2.24, 2.45) is 5.92 Å². The van der Waals surface area contributed by atoms with Crippen molar-refractivity contribution in [2.45, 2.75) is 52.5 Å². The molecule has 2 aromatic rings. The Morgan fingerprint density at radius 1 is 1.37 bits per heavy atom. The Bertz CT molecular complexity index is 769. The standard InChI is InChI=1S/C22H31N3O2/c1-4-10-25-17(2)15-23-21(25)13-19-8-6-11-24(16-19)22(26)14-18-7-5-9-20(12-18)27-3/h5,7,9,12,15,19H,4,6,8,10-11,13-14,16H2,1-3H3. The second-order valence-corrected chi connectivity index (χ2v) is 7.55. The molecule has 3 rings (SSSR count). The van der Waals surface area contributed by atoms with E-state index in [1.165, 1.54) is 17.9 Å². The maximum absolute atomic E-state index is 12.8. The fourth-order valence-electron chi connectivity index (χ4n) is 3.99. The Morgan fingerprint density at radius 2 is 2.22 bits per heavy atom. The lowest BCUT2D eigenvalue weighted by atomic mass is 9.94. The zero-order valence-electron chi connectivity index (χ0n) is 16.8. The molecule has 1 amide bonds. The Morgan fingerprint density at radius 3 is 3.00 bits per heavy atom.